The molecule has 0 heterocycles. The van der Waals surface area contributed by atoms with Crippen molar-refractivity contribution >= 4 is 28.9 Å². The molecule has 0 unspecified atom stereocenters. The number of benzene rings is 2. The number of carbonyl (C=O) groups excluding carboxylic acids is 1. The third-order valence-corrected chi connectivity index (χ3v) is 2.87. The van der Waals surface area contributed by atoms with Gasteiger partial charge in [-0.15, -0.1) is 0 Å². The first-order valence-electron chi connectivity index (χ1n) is 5.89. The van der Waals surface area contributed by atoms with E-state index in [2.05, 4.69) is 10.6 Å². The molecule has 0 atom stereocenters. The Balaban J connectivity index is 1.94. The van der Waals surface area contributed by atoms with E-state index in [9.17, 15) is 18.0 Å². The first kappa shape index (κ1) is 15.2. The van der Waals surface area contributed by atoms with Gasteiger partial charge in [-0.25, -0.2) is 13.2 Å². The zero-order valence-corrected chi connectivity index (χ0v) is 11.3. The molecule has 0 aliphatic carbocycles. The average molecular weight is 315 g/mol. The Morgan fingerprint density at radius 3 is 2.48 bits per heavy atom. The lowest BCUT2D eigenvalue weighted by molar-refractivity contribution is -0.114. The van der Waals surface area contributed by atoms with Gasteiger partial charge in [-0.3, -0.25) is 4.79 Å². The molecule has 21 heavy (non-hydrogen) atoms. The molecule has 7 heteroatoms. The molecule has 0 saturated carbocycles. The van der Waals surface area contributed by atoms with Crippen molar-refractivity contribution in [2.75, 3.05) is 17.2 Å². The van der Waals surface area contributed by atoms with Crippen LogP contribution in [0.15, 0.2) is 36.4 Å². The molecule has 0 aromatic heterocycles. The molecule has 2 rings (SSSR count). The van der Waals surface area contributed by atoms with Gasteiger partial charge in [-0.05, 0) is 30.3 Å². The number of halogens is 4. The lowest BCUT2D eigenvalue weighted by atomic mass is 10.3. The normalized spacial score (nSPS) is 10.3. The van der Waals surface area contributed by atoms with Crippen molar-refractivity contribution in [3.8, 4) is 0 Å². The van der Waals surface area contributed by atoms with Crippen LogP contribution in [-0.4, -0.2) is 12.5 Å². The van der Waals surface area contributed by atoms with Crippen LogP contribution in [-0.2, 0) is 4.79 Å². The molecule has 0 aliphatic rings. The second-order valence-electron chi connectivity index (χ2n) is 4.15. The second kappa shape index (κ2) is 6.49. The zero-order chi connectivity index (χ0) is 15.4. The van der Waals surface area contributed by atoms with E-state index >= 15 is 0 Å². The van der Waals surface area contributed by atoms with Crippen LogP contribution in [0.25, 0.3) is 0 Å². The highest BCUT2D eigenvalue weighted by molar-refractivity contribution is 6.31. The van der Waals surface area contributed by atoms with E-state index in [1.165, 1.54) is 12.1 Å². The summed E-state index contributed by atoms with van der Waals surface area (Å²) < 4.78 is 39.0. The minimum Gasteiger partial charge on any atom is -0.376 e. The van der Waals surface area contributed by atoms with Crippen molar-refractivity contribution in [2.24, 2.45) is 0 Å². The Bertz CT molecular complexity index is 679. The fourth-order valence-electron chi connectivity index (χ4n) is 1.57. The third kappa shape index (κ3) is 4.13. The van der Waals surface area contributed by atoms with Crippen LogP contribution in [0.3, 0.4) is 0 Å². The summed E-state index contributed by atoms with van der Waals surface area (Å²) in [5.74, 6) is -2.71. The standard InChI is InChI=1S/C14H10ClF3N2O/c15-10-6-9(2-3-11(10)17)19-7-14(21)20-13-4-1-8(16)5-12(13)18/h1-6,19H,7H2,(H,20,21). The van der Waals surface area contributed by atoms with Gasteiger partial charge in [-0.2, -0.15) is 0 Å². The summed E-state index contributed by atoms with van der Waals surface area (Å²) in [6.45, 7) is -0.182. The van der Waals surface area contributed by atoms with Gasteiger partial charge in [0.1, 0.15) is 17.5 Å². The molecular weight excluding hydrogens is 305 g/mol. The molecule has 0 bridgehead atoms. The van der Waals surface area contributed by atoms with Gasteiger partial charge in [-0.1, -0.05) is 11.6 Å². The maximum absolute atomic E-state index is 13.3. The SMILES string of the molecule is O=C(CNc1ccc(F)c(Cl)c1)Nc1ccc(F)cc1F. The monoisotopic (exact) mass is 314 g/mol. The third-order valence-electron chi connectivity index (χ3n) is 2.58. The smallest absolute Gasteiger partial charge is 0.243 e. The first-order chi connectivity index (χ1) is 9.95. The summed E-state index contributed by atoms with van der Waals surface area (Å²) in [6, 6.07) is 6.71. The molecule has 2 aromatic carbocycles. The van der Waals surface area contributed by atoms with Crippen molar-refractivity contribution in [3.05, 3.63) is 58.9 Å². The molecule has 0 spiro atoms. The molecular formula is C14H10ClF3N2O. The van der Waals surface area contributed by atoms with Gasteiger partial charge in [0.2, 0.25) is 5.91 Å². The first-order valence-corrected chi connectivity index (χ1v) is 6.27. The number of anilines is 2. The highest BCUT2D eigenvalue weighted by Crippen LogP contribution is 2.19. The predicted octanol–water partition coefficient (Wildman–Crippen LogP) is 3.81. The summed E-state index contributed by atoms with van der Waals surface area (Å²) in [5, 5.41) is 4.91. The van der Waals surface area contributed by atoms with Crippen LogP contribution in [0.1, 0.15) is 0 Å². The van der Waals surface area contributed by atoms with Gasteiger partial charge in [0, 0.05) is 11.8 Å². The van der Waals surface area contributed by atoms with Gasteiger partial charge in [0.15, 0.2) is 0 Å². The lowest BCUT2D eigenvalue weighted by Crippen LogP contribution is -2.22. The highest BCUT2D eigenvalue weighted by atomic mass is 35.5. The Morgan fingerprint density at radius 1 is 1.05 bits per heavy atom. The molecule has 0 fully saturated rings. The maximum Gasteiger partial charge on any atom is 0.243 e. The number of hydrogen-bond donors (Lipinski definition) is 2. The fraction of sp³-hybridized carbons (Fsp3) is 0.0714. The minimum atomic E-state index is -0.867. The fourth-order valence-corrected chi connectivity index (χ4v) is 1.75. The van der Waals surface area contributed by atoms with Gasteiger partial charge < -0.3 is 10.6 Å². The summed E-state index contributed by atoms with van der Waals surface area (Å²) in [7, 11) is 0. The lowest BCUT2D eigenvalue weighted by Gasteiger charge is -2.09. The highest BCUT2D eigenvalue weighted by Gasteiger charge is 2.08. The van der Waals surface area contributed by atoms with Crippen LogP contribution in [0.4, 0.5) is 24.5 Å². The van der Waals surface area contributed by atoms with Gasteiger partial charge >= 0.3 is 0 Å². The molecule has 3 nitrogen and oxygen atoms in total. The molecule has 0 aliphatic heterocycles. The number of amides is 1. The Kier molecular flexibility index (Phi) is 4.70. The van der Waals surface area contributed by atoms with Crippen molar-refractivity contribution in [1.82, 2.24) is 0 Å². The number of rotatable bonds is 4. The van der Waals surface area contributed by atoms with Crippen molar-refractivity contribution in [2.45, 2.75) is 0 Å². The number of hydrogen-bond acceptors (Lipinski definition) is 2. The maximum atomic E-state index is 13.3. The molecule has 0 radical (unpaired) electrons. The Morgan fingerprint density at radius 2 is 1.81 bits per heavy atom. The molecule has 1 amide bonds. The van der Waals surface area contributed by atoms with Crippen LogP contribution in [0.5, 0.6) is 0 Å². The molecule has 110 valence electrons. The summed E-state index contributed by atoms with van der Waals surface area (Å²) in [6.07, 6.45) is 0. The largest absolute Gasteiger partial charge is 0.376 e. The predicted molar refractivity (Wildman–Crippen MR) is 74.9 cm³/mol. The quantitative estimate of drug-likeness (QED) is 0.901. The number of nitrogens with one attached hydrogen (secondary N) is 2. The van der Waals surface area contributed by atoms with Crippen molar-refractivity contribution in [1.29, 1.82) is 0 Å². The van der Waals surface area contributed by atoms with Crippen molar-refractivity contribution < 1.29 is 18.0 Å². The van der Waals surface area contributed by atoms with E-state index in [4.69, 9.17) is 11.6 Å². The van der Waals surface area contributed by atoms with E-state index in [1.54, 1.807) is 0 Å². The van der Waals surface area contributed by atoms with Gasteiger partial charge in [0.05, 0.1) is 17.3 Å². The van der Waals surface area contributed by atoms with Crippen molar-refractivity contribution in [3.63, 3.8) is 0 Å². The summed E-state index contributed by atoms with van der Waals surface area (Å²) in [4.78, 5) is 11.6. The second-order valence-corrected chi connectivity index (χ2v) is 4.56. The topological polar surface area (TPSA) is 41.1 Å². The Hall–Kier alpha value is -2.21. The molecule has 2 N–H and O–H groups in total. The van der Waals surface area contributed by atoms with Crippen LogP contribution >= 0.6 is 11.6 Å². The summed E-state index contributed by atoms with van der Waals surface area (Å²) in [5.41, 5.74) is 0.316. The van der Waals surface area contributed by atoms with E-state index in [0.29, 0.717) is 11.8 Å². The van der Waals surface area contributed by atoms with E-state index < -0.39 is 23.4 Å². The molecule has 0 saturated heterocycles. The van der Waals surface area contributed by atoms with E-state index in [1.807, 2.05) is 0 Å². The zero-order valence-electron chi connectivity index (χ0n) is 10.6. The van der Waals surface area contributed by atoms with Gasteiger partial charge in [0.25, 0.3) is 0 Å². The molecule has 2 aromatic rings. The van der Waals surface area contributed by atoms with E-state index in [0.717, 1.165) is 18.2 Å². The Labute approximate surface area is 123 Å². The average Bonchev–Trinajstić information content (AvgIpc) is 2.43. The van der Waals surface area contributed by atoms with Crippen LogP contribution in [0.2, 0.25) is 5.02 Å². The number of carbonyl (C=O) groups is 1. The minimum absolute atomic E-state index is 0.0787. The van der Waals surface area contributed by atoms with Crippen LogP contribution < -0.4 is 10.6 Å². The summed E-state index contributed by atoms with van der Waals surface area (Å²) >= 11 is 5.59. The van der Waals surface area contributed by atoms with Crippen LogP contribution in [0, 0.1) is 17.5 Å². The van der Waals surface area contributed by atoms with E-state index in [-0.39, 0.29) is 17.3 Å².